The molecule has 0 aromatic heterocycles. The Balaban J connectivity index is 0.000000159. The van der Waals surface area contributed by atoms with E-state index < -0.39 is 160 Å². The third kappa shape index (κ3) is 30.0. The number of esters is 4. The summed E-state index contributed by atoms with van der Waals surface area (Å²) in [5, 5.41) is 20.0. The average Bonchev–Trinajstić information content (AvgIpc) is 1.65. The molecule has 14 aliphatic rings. The molecule has 0 amide bonds. The Morgan fingerprint density at radius 1 is 0.270 bits per heavy atom. The SMILES string of the molecule is O=C(CC(=O)OCC1COC(=O)O1)OCC1COC(=O)O1.O=C(CC1COC(=O)O1)OCOC(=O)CC1COC(=O)O1.O=C1OCC(COCC(O)COCC2COC(=O)O2)O1.O=C1OCC(COCC2COC(=O)O2)O1.O=C1OCC(CO[C@H]2CO[C@@H]3[C@H]2OC[C@H]3OCC(O)CO[C@@H]2CO[C@H]3[C@@H]2OC[C@@H]3OCC2COC(=O)O2)O1. The van der Waals surface area contributed by atoms with E-state index in [0.29, 0.717) is 26.4 Å². The minimum absolute atomic E-state index is 0.0103. The molecule has 14 rings (SSSR count). The lowest BCUT2D eigenvalue weighted by Crippen LogP contribution is -2.38. The second-order valence-corrected chi connectivity index (χ2v) is 25.7. The Kier molecular flexibility index (Phi) is 34.1. The highest BCUT2D eigenvalue weighted by Crippen LogP contribution is 2.33. The fourth-order valence-electron chi connectivity index (χ4n) is 11.2. The van der Waals surface area contributed by atoms with Crippen molar-refractivity contribution in [1.82, 2.24) is 0 Å². The van der Waals surface area contributed by atoms with Crippen LogP contribution in [-0.2, 0) is 185 Å². The van der Waals surface area contributed by atoms with Crippen LogP contribution in [0.2, 0.25) is 0 Å². The molecule has 51 nitrogen and oxygen atoms in total. The quantitative estimate of drug-likeness (QED) is 0.0283. The smallest absolute Gasteiger partial charge is 0.461 e. The van der Waals surface area contributed by atoms with E-state index in [0.717, 1.165) is 0 Å². The van der Waals surface area contributed by atoms with Crippen molar-refractivity contribution in [1.29, 1.82) is 0 Å². The summed E-state index contributed by atoms with van der Waals surface area (Å²) in [7, 11) is 0. The maximum atomic E-state index is 11.3. The van der Waals surface area contributed by atoms with Gasteiger partial charge >= 0.3 is 85.4 Å². The lowest BCUT2D eigenvalue weighted by molar-refractivity contribution is -0.169. The second kappa shape index (κ2) is 44.8. The summed E-state index contributed by atoms with van der Waals surface area (Å²) in [6.07, 6.45) is -18.0. The van der Waals surface area contributed by atoms with Gasteiger partial charge in [-0.2, -0.15) is 0 Å². The summed E-state index contributed by atoms with van der Waals surface area (Å²) in [6.45, 7) is 2.53. The first kappa shape index (κ1) is 87.4. The number of carbonyl (C=O) groups excluding carboxylic acids is 14. The van der Waals surface area contributed by atoms with Crippen LogP contribution in [0.1, 0.15) is 19.3 Å². The molecule has 14 saturated heterocycles. The molecule has 0 aromatic carbocycles. The van der Waals surface area contributed by atoms with Crippen molar-refractivity contribution in [2.45, 2.75) is 141 Å². The predicted molar refractivity (Wildman–Crippen MR) is 337 cm³/mol. The number of ether oxygens (including phenoxy) is 35. The van der Waals surface area contributed by atoms with Crippen molar-refractivity contribution in [2.75, 3.05) is 179 Å². The van der Waals surface area contributed by atoms with Gasteiger partial charge in [0.05, 0.1) is 105 Å². The van der Waals surface area contributed by atoms with E-state index in [1.807, 2.05) is 0 Å². The summed E-state index contributed by atoms with van der Waals surface area (Å²) in [5.41, 5.74) is 0. The van der Waals surface area contributed by atoms with Crippen molar-refractivity contribution in [3.8, 4) is 0 Å². The molecule has 0 saturated carbocycles. The zero-order valence-electron chi connectivity index (χ0n) is 60.7. The molecule has 644 valence electrons. The molecule has 0 spiro atoms. The first-order valence-corrected chi connectivity index (χ1v) is 35.4. The van der Waals surface area contributed by atoms with Gasteiger partial charge in [-0.15, -0.1) is 0 Å². The van der Waals surface area contributed by atoms with Crippen LogP contribution in [0, 0.1) is 0 Å². The van der Waals surface area contributed by atoms with E-state index in [9.17, 15) is 77.3 Å². The van der Waals surface area contributed by atoms with Gasteiger partial charge in [-0.1, -0.05) is 0 Å². The minimum Gasteiger partial charge on any atom is -0.461 e. The van der Waals surface area contributed by atoms with Gasteiger partial charge in [0.15, 0.2) is 48.8 Å². The maximum absolute atomic E-state index is 11.3. The van der Waals surface area contributed by atoms with Crippen molar-refractivity contribution < 1.29 is 243 Å². The molecule has 0 aromatic rings. The van der Waals surface area contributed by atoms with Crippen LogP contribution >= 0.6 is 0 Å². The predicted octanol–water partition coefficient (Wildman–Crippen LogP) is -2.51. The molecule has 14 fully saturated rings. The van der Waals surface area contributed by atoms with Gasteiger partial charge in [-0.3, -0.25) is 19.2 Å². The summed E-state index contributed by atoms with van der Waals surface area (Å²) in [6, 6.07) is 0. The van der Waals surface area contributed by atoms with Crippen LogP contribution < -0.4 is 0 Å². The number of cyclic esters (lactones) is 20. The Morgan fingerprint density at radius 2 is 0.504 bits per heavy atom. The zero-order valence-corrected chi connectivity index (χ0v) is 60.7. The largest absolute Gasteiger partial charge is 0.508 e. The van der Waals surface area contributed by atoms with Crippen LogP contribution in [0.25, 0.3) is 0 Å². The topological polar surface area (TPSA) is 602 Å². The van der Waals surface area contributed by atoms with Gasteiger partial charge < -0.3 is 176 Å². The van der Waals surface area contributed by atoms with Gasteiger partial charge in [0.2, 0.25) is 6.79 Å². The third-order valence-electron chi connectivity index (χ3n) is 16.6. The molecule has 0 aliphatic carbocycles. The zero-order chi connectivity index (χ0) is 81.6. The first-order valence-electron chi connectivity index (χ1n) is 35.4. The van der Waals surface area contributed by atoms with Gasteiger partial charge in [-0.25, -0.2) is 47.9 Å². The van der Waals surface area contributed by atoms with Crippen molar-refractivity contribution in [3.63, 3.8) is 0 Å². The fraction of sp³-hybridized carbons (Fsp3) is 0.781. The number of fused-ring (bicyclic) bond motifs is 2. The fourth-order valence-corrected chi connectivity index (χ4v) is 11.2. The Hall–Kier alpha value is -9.94. The summed E-state index contributed by atoms with van der Waals surface area (Å²) < 4.78 is 174. The van der Waals surface area contributed by atoms with Crippen LogP contribution in [0.5, 0.6) is 0 Å². The molecular formula is C64H82O51. The second-order valence-electron chi connectivity index (χ2n) is 25.7. The molecule has 0 radical (unpaired) electrons. The maximum Gasteiger partial charge on any atom is 0.508 e. The normalized spacial score (nSPS) is 31.1. The molecule has 11 unspecified atom stereocenters. The van der Waals surface area contributed by atoms with Crippen LogP contribution in [0.15, 0.2) is 0 Å². The van der Waals surface area contributed by atoms with E-state index in [-0.39, 0.29) is 219 Å². The molecule has 2 N–H and O–H groups in total. The highest BCUT2D eigenvalue weighted by Gasteiger charge is 2.51. The van der Waals surface area contributed by atoms with Crippen LogP contribution in [0.3, 0.4) is 0 Å². The lowest BCUT2D eigenvalue weighted by atomic mass is 10.1. The number of rotatable bonds is 36. The number of aliphatic hydroxyl groups excluding tert-OH is 2. The minimum atomic E-state index is -0.871. The van der Waals surface area contributed by atoms with Crippen molar-refractivity contribution >= 4 is 85.4 Å². The number of aliphatic hydroxyl groups is 2. The standard InChI is InChI=1S/C23H32O15.2C11H12O10.C11H16O9.C8H10O7/c24-11(1-27-14-7-31-20-16(9-33-18(14)20)29-3-12-5-35-22(25)37-12)2-28-15-8-32-21-17(10-34-19(15)21)30-4-13-6-36-23(26)38-13;12-8(16-2-6-4-18-10(14)20-6)1-9(13)17-3-7-5-19-11(15)21-7;12-8(1-6-3-16-10(14)20-6)18-5-19-9(13)2-7-4-17-11(15)21-7;12-7(1-15-3-8-5-17-10(13)19-8)2-16-4-9-6-18-11(14)20-9;9-7-12-3-5(14-7)1-11-2-6-4-13-8(10)15-6/h11-21,24H,1-10H2;2*6-7H,1-5H2;7-9,12H,1-6H2;5-6H,1-4H2/t11?,12?,13?,14-,15-,16+,17+,18-,19+,20-,21+;;;;/m1..../s1. The highest BCUT2D eigenvalue weighted by molar-refractivity contribution is 5.91. The van der Waals surface area contributed by atoms with E-state index >= 15 is 0 Å². The third-order valence-corrected chi connectivity index (χ3v) is 16.6. The summed E-state index contributed by atoms with van der Waals surface area (Å²) in [4.78, 5) is 152. The van der Waals surface area contributed by atoms with E-state index in [4.69, 9.17) is 99.5 Å². The molecule has 51 heteroatoms. The molecule has 19 atom stereocenters. The van der Waals surface area contributed by atoms with Crippen molar-refractivity contribution in [3.05, 3.63) is 0 Å². The number of carbonyl (C=O) groups is 14. The Morgan fingerprint density at radius 3 is 0.774 bits per heavy atom. The lowest BCUT2D eigenvalue weighted by Gasteiger charge is -2.21. The van der Waals surface area contributed by atoms with Gasteiger partial charge in [0, 0.05) is 0 Å². The average molecular weight is 1670 g/mol. The van der Waals surface area contributed by atoms with E-state index in [2.05, 4.69) is 66.3 Å². The van der Waals surface area contributed by atoms with Crippen LogP contribution in [0.4, 0.5) is 47.9 Å². The Bertz CT molecular complexity index is 3080. The molecule has 14 aliphatic heterocycles. The molecule has 14 heterocycles. The summed E-state index contributed by atoms with van der Waals surface area (Å²) in [5.74, 6) is -3.08. The molecule has 115 heavy (non-hydrogen) atoms. The van der Waals surface area contributed by atoms with Gasteiger partial charge in [0.1, 0.15) is 159 Å². The monoisotopic (exact) mass is 1670 g/mol. The van der Waals surface area contributed by atoms with E-state index in [1.165, 1.54) is 0 Å². The summed E-state index contributed by atoms with van der Waals surface area (Å²) >= 11 is 0. The van der Waals surface area contributed by atoms with Crippen LogP contribution in [-0.4, -0.2) is 396 Å². The first-order chi connectivity index (χ1) is 55.4. The van der Waals surface area contributed by atoms with Gasteiger partial charge in [0.25, 0.3) is 0 Å². The highest BCUT2D eigenvalue weighted by atomic mass is 16.8. The molecular weight excluding hydrogens is 1580 g/mol. The Labute approximate surface area is 646 Å². The molecule has 0 bridgehead atoms. The van der Waals surface area contributed by atoms with Gasteiger partial charge in [-0.05, 0) is 0 Å². The number of hydrogen-bond donors (Lipinski definition) is 2. The number of hydrogen-bond acceptors (Lipinski definition) is 51. The van der Waals surface area contributed by atoms with E-state index in [1.54, 1.807) is 0 Å². The van der Waals surface area contributed by atoms with Crippen molar-refractivity contribution in [2.24, 2.45) is 0 Å².